The first-order valence-electron chi connectivity index (χ1n) is 25.6. The molecule has 2 fully saturated rings. The van der Waals surface area contributed by atoms with Gasteiger partial charge in [0.15, 0.2) is 11.6 Å². The standard InChI is InChI=1S/C28H31ClF2N4O7.C28H30ClF2N3O5/c1-14-11-34(15(13-36)12-33(14)27(38)42-28(2,3)4)24-16-10-17(29)20(21-18(30)8-7-9-19(21)41-6)22(31)23(16)32(5)26(37)25(24)35(39)40;1-14-11-34-15(12-33(14)27(36)39-28(2,3)4)13-38-25-24(34)16-10-17(29)20(22(31)23(16)32(5)26(25)35)21-18(30)8-7-9-19(21)37-6/h7-10,14-15,36H,11-13H2,1-6H3;7-10,14-15H,11-13H2,1-6H3/t2*14-,15-/m11/s1. The molecule has 9 rings (SSSR count). The summed E-state index contributed by atoms with van der Waals surface area (Å²) < 4.78 is 92.2. The molecule has 0 radical (unpaired) electrons. The van der Waals surface area contributed by atoms with E-state index in [1.165, 1.54) is 73.5 Å². The summed E-state index contributed by atoms with van der Waals surface area (Å²) in [5.41, 5.74) is -5.30. The second-order valence-corrected chi connectivity index (χ2v) is 22.8. The topological polar surface area (TPSA) is 201 Å². The molecule has 0 aliphatic carbocycles. The smallest absolute Gasteiger partial charge is 0.410 e. The maximum absolute atomic E-state index is 16.4. The lowest BCUT2D eigenvalue weighted by molar-refractivity contribution is -0.385. The first-order valence-corrected chi connectivity index (χ1v) is 26.4. The van der Waals surface area contributed by atoms with E-state index >= 15 is 13.2 Å². The predicted octanol–water partition coefficient (Wildman–Crippen LogP) is 10.2. The van der Waals surface area contributed by atoms with Gasteiger partial charge in [0.25, 0.3) is 5.56 Å². The van der Waals surface area contributed by atoms with Crippen LogP contribution in [0.4, 0.5) is 44.2 Å². The highest BCUT2D eigenvalue weighted by molar-refractivity contribution is 6.35. The van der Waals surface area contributed by atoms with Crippen LogP contribution in [0.15, 0.2) is 58.1 Å². The molecule has 5 heterocycles. The van der Waals surface area contributed by atoms with Crippen LogP contribution in [0.5, 0.6) is 17.2 Å². The molecule has 4 atom stereocenters. The van der Waals surface area contributed by atoms with Gasteiger partial charge in [-0.15, -0.1) is 0 Å². The number of aromatic nitrogens is 2. The Kier molecular flexibility index (Phi) is 16.5. The molecule has 2 aromatic heterocycles. The average molecular weight is 1170 g/mol. The Balaban J connectivity index is 0.000000213. The van der Waals surface area contributed by atoms with Gasteiger partial charge in [-0.2, -0.15) is 0 Å². The Morgan fingerprint density at radius 3 is 1.59 bits per heavy atom. The van der Waals surface area contributed by atoms with E-state index in [1.807, 2.05) is 11.8 Å². The molecule has 4 aromatic carbocycles. The van der Waals surface area contributed by atoms with Crippen LogP contribution in [0.1, 0.15) is 55.4 Å². The van der Waals surface area contributed by atoms with Crippen LogP contribution in [-0.2, 0) is 23.6 Å². The lowest BCUT2D eigenvalue weighted by Crippen LogP contribution is -2.62. The summed E-state index contributed by atoms with van der Waals surface area (Å²) in [5.74, 6) is -3.35. The number of methoxy groups -OCH3 is 2. The number of nitrogens with zero attached hydrogens (tertiary/aromatic N) is 7. The van der Waals surface area contributed by atoms with E-state index in [2.05, 4.69) is 0 Å². The van der Waals surface area contributed by atoms with Crippen molar-refractivity contribution in [3.05, 3.63) is 113 Å². The molecule has 3 aliphatic heterocycles. The molecule has 0 bridgehead atoms. The second-order valence-electron chi connectivity index (χ2n) is 22.0. The lowest BCUT2D eigenvalue weighted by atomic mass is 9.98. The van der Waals surface area contributed by atoms with E-state index in [1.54, 1.807) is 53.4 Å². The van der Waals surface area contributed by atoms with Gasteiger partial charge in [0.05, 0.1) is 75.7 Å². The molecule has 19 nitrogen and oxygen atoms in total. The van der Waals surface area contributed by atoms with Gasteiger partial charge < -0.3 is 57.5 Å². The van der Waals surface area contributed by atoms with Gasteiger partial charge in [-0.05, 0) is 91.8 Å². The number of halogens is 6. The number of amides is 2. The zero-order valence-corrected chi connectivity index (χ0v) is 48.0. The molecule has 0 saturated carbocycles. The average Bonchev–Trinajstić information content (AvgIpc) is 2.98. The maximum atomic E-state index is 16.4. The quantitative estimate of drug-likeness (QED) is 0.0899. The van der Waals surface area contributed by atoms with Crippen molar-refractivity contribution in [2.75, 3.05) is 63.4 Å². The van der Waals surface area contributed by atoms with E-state index < -0.39 is 92.6 Å². The van der Waals surface area contributed by atoms with Crippen molar-refractivity contribution in [2.24, 2.45) is 14.1 Å². The number of carbonyl (C=O) groups is 2. The Bertz CT molecular complexity index is 3660. The van der Waals surface area contributed by atoms with Crippen molar-refractivity contribution >= 4 is 74.3 Å². The number of benzene rings is 4. The first kappa shape index (κ1) is 59.6. The molecule has 3 aliphatic rings. The van der Waals surface area contributed by atoms with Gasteiger partial charge in [-0.1, -0.05) is 35.3 Å². The minimum Gasteiger partial charge on any atom is -0.496 e. The SMILES string of the molecule is COc1cccc(F)c1-c1c(Cl)cc2c(N3C[C@@H](C)N(C(=O)OC(C)(C)C)C[C@@H]3CO)c([N+](=O)[O-])c(=O)n(C)c2c1F.COc1cccc(F)c1-c1c(Cl)cc2c3c(c(=O)n(C)c2c1F)OC[C@H]1CN(C(=O)OC(C)(C)C)[C@H](C)CN31. The molecule has 25 heteroatoms. The van der Waals surface area contributed by atoms with Crippen LogP contribution in [0.2, 0.25) is 10.0 Å². The van der Waals surface area contributed by atoms with Gasteiger partial charge in [0.1, 0.15) is 46.6 Å². The molecule has 2 amide bonds. The number of hydrogen-bond acceptors (Lipinski definition) is 14. The summed E-state index contributed by atoms with van der Waals surface area (Å²) in [6, 6.07) is 8.65. The van der Waals surface area contributed by atoms with Crippen molar-refractivity contribution < 1.29 is 60.9 Å². The first-order chi connectivity index (χ1) is 38.0. The highest BCUT2D eigenvalue weighted by Gasteiger charge is 2.44. The number of ether oxygens (including phenoxy) is 5. The molecular weight excluding hydrogens is 1110 g/mol. The summed E-state index contributed by atoms with van der Waals surface area (Å²) in [6.45, 7) is 14.1. The third-order valence-electron chi connectivity index (χ3n) is 14.2. The van der Waals surface area contributed by atoms with E-state index in [-0.39, 0.29) is 104 Å². The summed E-state index contributed by atoms with van der Waals surface area (Å²) in [4.78, 5) is 70.4. The fourth-order valence-corrected chi connectivity index (χ4v) is 11.2. The molecular formula is C56H61Cl2F4N7O12. The third-order valence-corrected chi connectivity index (χ3v) is 14.8. The molecule has 434 valence electrons. The van der Waals surface area contributed by atoms with E-state index in [0.29, 0.717) is 17.6 Å². The normalized spacial score (nSPS) is 18.2. The van der Waals surface area contributed by atoms with Crippen molar-refractivity contribution in [1.82, 2.24) is 18.9 Å². The van der Waals surface area contributed by atoms with Gasteiger partial charge in [0.2, 0.25) is 5.75 Å². The number of piperazine rings is 2. The van der Waals surface area contributed by atoms with Crippen molar-refractivity contribution in [3.63, 3.8) is 0 Å². The summed E-state index contributed by atoms with van der Waals surface area (Å²) in [7, 11) is 5.22. The van der Waals surface area contributed by atoms with Crippen molar-refractivity contribution in [1.29, 1.82) is 0 Å². The molecule has 6 aromatic rings. The van der Waals surface area contributed by atoms with E-state index in [4.69, 9.17) is 46.9 Å². The number of aryl methyl sites for hydroxylation is 2. The monoisotopic (exact) mass is 1170 g/mol. The van der Waals surface area contributed by atoms with Gasteiger partial charge in [-0.3, -0.25) is 19.7 Å². The Morgan fingerprint density at radius 2 is 1.15 bits per heavy atom. The Hall–Kier alpha value is -7.50. The zero-order chi connectivity index (χ0) is 59.6. The molecule has 81 heavy (non-hydrogen) atoms. The van der Waals surface area contributed by atoms with Crippen LogP contribution in [-0.4, -0.2) is 130 Å². The van der Waals surface area contributed by atoms with Crippen LogP contribution in [0.3, 0.4) is 0 Å². The summed E-state index contributed by atoms with van der Waals surface area (Å²) >= 11 is 13.2. The number of fused-ring (bicyclic) bond motifs is 6. The van der Waals surface area contributed by atoms with Crippen LogP contribution in [0, 0.1) is 33.4 Å². The Labute approximate surface area is 472 Å². The van der Waals surface area contributed by atoms with Crippen molar-refractivity contribution in [2.45, 2.75) is 90.8 Å². The minimum absolute atomic E-state index is 0.0188. The highest BCUT2D eigenvalue weighted by atomic mass is 35.5. The molecule has 1 N–H and O–H groups in total. The number of hydrogen-bond donors (Lipinski definition) is 1. The number of anilines is 2. The van der Waals surface area contributed by atoms with Crippen LogP contribution >= 0.6 is 23.2 Å². The fraction of sp³-hybridized carbons (Fsp3) is 0.429. The third kappa shape index (κ3) is 10.9. The van der Waals surface area contributed by atoms with Crippen molar-refractivity contribution in [3.8, 4) is 39.5 Å². The number of nitro groups is 1. The van der Waals surface area contributed by atoms with Crippen LogP contribution < -0.4 is 35.1 Å². The Morgan fingerprint density at radius 1 is 0.704 bits per heavy atom. The minimum atomic E-state index is -1.13. The zero-order valence-electron chi connectivity index (χ0n) is 46.5. The molecule has 0 unspecified atom stereocenters. The van der Waals surface area contributed by atoms with Crippen LogP contribution in [0.25, 0.3) is 44.1 Å². The molecule has 0 spiro atoms. The van der Waals surface area contributed by atoms with E-state index in [0.717, 1.165) is 22.2 Å². The number of aliphatic hydroxyl groups is 1. The van der Waals surface area contributed by atoms with Gasteiger partial charge in [-0.25, -0.2) is 27.2 Å². The number of pyridine rings is 2. The number of rotatable bonds is 7. The molecule has 2 saturated heterocycles. The largest absolute Gasteiger partial charge is 0.496 e. The highest BCUT2D eigenvalue weighted by Crippen LogP contribution is 2.48. The van der Waals surface area contributed by atoms with E-state index in [9.17, 15) is 38.8 Å². The lowest BCUT2D eigenvalue weighted by Gasteiger charge is -2.48. The predicted molar refractivity (Wildman–Crippen MR) is 299 cm³/mol. The summed E-state index contributed by atoms with van der Waals surface area (Å²) in [5, 5.41) is 22.5. The fourth-order valence-electron chi connectivity index (χ4n) is 10.6. The van der Waals surface area contributed by atoms with Gasteiger partial charge in [0, 0.05) is 74.3 Å². The van der Waals surface area contributed by atoms with Gasteiger partial charge >= 0.3 is 23.4 Å². The maximum Gasteiger partial charge on any atom is 0.410 e. The summed E-state index contributed by atoms with van der Waals surface area (Å²) in [6.07, 6.45) is -1.08. The number of aliphatic hydroxyl groups excluding tert-OH is 1. The second kappa shape index (κ2) is 22.4. The number of carbonyl (C=O) groups excluding carboxylic acids is 2.